The van der Waals surface area contributed by atoms with Crippen molar-refractivity contribution in [2.24, 2.45) is 0 Å². The van der Waals surface area contributed by atoms with Gasteiger partial charge in [-0.1, -0.05) is 0 Å². The van der Waals surface area contributed by atoms with E-state index >= 15 is 0 Å². The summed E-state index contributed by atoms with van der Waals surface area (Å²) in [7, 11) is -2.31. The number of carbonyl (C=O) groups excluding carboxylic acids is 1. The Morgan fingerprint density at radius 2 is 1.74 bits per heavy atom. The average Bonchev–Trinajstić information content (AvgIpc) is 2.38. The Hall–Kier alpha value is -1.64. The number of nitrogens with zero attached hydrogens (tertiary/aromatic N) is 3. The molecule has 0 aromatic carbocycles. The van der Waals surface area contributed by atoms with Gasteiger partial charge in [0.1, 0.15) is 0 Å². The Morgan fingerprint density at radius 3 is 2.16 bits per heavy atom. The quantitative estimate of drug-likeness (QED) is 0.567. The van der Waals surface area contributed by atoms with E-state index in [1.807, 2.05) is 12.1 Å². The van der Waals surface area contributed by atoms with Crippen LogP contribution in [0.1, 0.15) is 25.7 Å². The first-order valence-electron chi connectivity index (χ1n) is 5.76. The first-order valence-corrected chi connectivity index (χ1v) is 7.37. The highest BCUT2D eigenvalue weighted by atomic mass is 32.2. The molecular formula is C11H17N3O4S. The van der Waals surface area contributed by atoms with Gasteiger partial charge in [-0.2, -0.15) is 14.8 Å². The third-order valence-electron chi connectivity index (χ3n) is 2.35. The monoisotopic (exact) mass is 287 g/mol. The molecule has 0 aliphatic rings. The number of carbonyl (C=O) groups is 1. The van der Waals surface area contributed by atoms with Crippen molar-refractivity contribution in [3.8, 4) is 12.1 Å². The fourth-order valence-electron chi connectivity index (χ4n) is 1.37. The second kappa shape index (κ2) is 9.31. The molecule has 0 aliphatic heterocycles. The number of nitriles is 2. The van der Waals surface area contributed by atoms with Gasteiger partial charge in [0, 0.05) is 32.4 Å². The number of esters is 1. The van der Waals surface area contributed by atoms with E-state index in [1.165, 1.54) is 7.11 Å². The number of sulfonamides is 1. The Morgan fingerprint density at radius 1 is 1.21 bits per heavy atom. The van der Waals surface area contributed by atoms with Crippen LogP contribution in [0, 0.1) is 22.7 Å². The zero-order valence-corrected chi connectivity index (χ0v) is 11.6. The average molecular weight is 287 g/mol. The maximum atomic E-state index is 12.0. The Balaban J connectivity index is 4.47. The predicted octanol–water partition coefficient (Wildman–Crippen LogP) is 0.399. The van der Waals surface area contributed by atoms with E-state index in [9.17, 15) is 13.2 Å². The summed E-state index contributed by atoms with van der Waals surface area (Å²) < 4.78 is 29.5. The molecule has 106 valence electrons. The summed E-state index contributed by atoms with van der Waals surface area (Å²) in [5, 5.41) is 17.0. The van der Waals surface area contributed by atoms with Gasteiger partial charge < -0.3 is 4.74 Å². The summed E-state index contributed by atoms with van der Waals surface area (Å²) in [6.45, 7) is 0.136. The molecule has 0 atom stereocenters. The largest absolute Gasteiger partial charge is 0.469 e. The molecule has 0 aromatic rings. The van der Waals surface area contributed by atoms with Crippen molar-refractivity contribution < 1.29 is 17.9 Å². The maximum Gasteiger partial charge on any atom is 0.305 e. The van der Waals surface area contributed by atoms with E-state index in [0.29, 0.717) is 0 Å². The highest BCUT2D eigenvalue weighted by molar-refractivity contribution is 7.89. The lowest BCUT2D eigenvalue weighted by Gasteiger charge is -2.19. The third-order valence-corrected chi connectivity index (χ3v) is 4.31. The Kier molecular flexibility index (Phi) is 8.51. The molecule has 0 spiro atoms. The van der Waals surface area contributed by atoms with Crippen molar-refractivity contribution in [3.63, 3.8) is 0 Å². The van der Waals surface area contributed by atoms with Gasteiger partial charge in [0.15, 0.2) is 0 Å². The third kappa shape index (κ3) is 7.39. The fourth-order valence-corrected chi connectivity index (χ4v) is 2.88. The van der Waals surface area contributed by atoms with Crippen LogP contribution in [0.25, 0.3) is 0 Å². The van der Waals surface area contributed by atoms with E-state index in [0.717, 1.165) is 4.31 Å². The minimum Gasteiger partial charge on any atom is -0.469 e. The number of methoxy groups -OCH3 is 1. The van der Waals surface area contributed by atoms with Gasteiger partial charge in [-0.3, -0.25) is 4.79 Å². The Bertz CT molecular complexity index is 443. The molecule has 0 N–H and O–H groups in total. The number of ether oxygens (including phenoxy) is 1. The zero-order chi connectivity index (χ0) is 14.7. The van der Waals surface area contributed by atoms with E-state index in [1.54, 1.807) is 0 Å². The number of hydrogen-bond acceptors (Lipinski definition) is 6. The van der Waals surface area contributed by atoms with Crippen LogP contribution < -0.4 is 0 Å². The molecule has 0 aliphatic carbocycles. The van der Waals surface area contributed by atoms with Crippen LogP contribution in [0.15, 0.2) is 0 Å². The summed E-state index contributed by atoms with van der Waals surface area (Å²) in [5.41, 5.74) is 0. The van der Waals surface area contributed by atoms with Crippen LogP contribution in [0.5, 0.6) is 0 Å². The van der Waals surface area contributed by atoms with Gasteiger partial charge >= 0.3 is 5.97 Å². The van der Waals surface area contributed by atoms with Crippen molar-refractivity contribution in [2.75, 3.05) is 26.0 Å². The van der Waals surface area contributed by atoms with E-state index < -0.39 is 16.0 Å². The Labute approximate surface area is 113 Å². The van der Waals surface area contributed by atoms with Gasteiger partial charge in [-0.05, 0) is 6.42 Å². The molecule has 0 rings (SSSR count). The topological polar surface area (TPSA) is 111 Å². The molecule has 19 heavy (non-hydrogen) atoms. The second-order valence-corrected chi connectivity index (χ2v) is 5.80. The molecule has 0 bridgehead atoms. The first-order chi connectivity index (χ1) is 8.97. The molecule has 0 fully saturated rings. The van der Waals surface area contributed by atoms with Crippen molar-refractivity contribution in [1.82, 2.24) is 4.31 Å². The summed E-state index contributed by atoms with van der Waals surface area (Å²) in [4.78, 5) is 10.9. The summed E-state index contributed by atoms with van der Waals surface area (Å²) in [6, 6.07) is 3.73. The highest BCUT2D eigenvalue weighted by Crippen LogP contribution is 2.07. The van der Waals surface area contributed by atoms with Crippen LogP contribution in [0.4, 0.5) is 0 Å². The summed E-state index contributed by atoms with van der Waals surface area (Å²) in [6.07, 6.45) is 0.327. The molecule has 0 amide bonds. The van der Waals surface area contributed by atoms with E-state index in [-0.39, 0.29) is 44.5 Å². The lowest BCUT2D eigenvalue weighted by Crippen LogP contribution is -2.34. The molecule has 0 aromatic heterocycles. The second-order valence-electron chi connectivity index (χ2n) is 3.71. The highest BCUT2D eigenvalue weighted by Gasteiger charge is 2.21. The van der Waals surface area contributed by atoms with Crippen molar-refractivity contribution in [2.45, 2.75) is 25.7 Å². The summed E-state index contributed by atoms with van der Waals surface area (Å²) in [5.74, 6) is -0.658. The van der Waals surface area contributed by atoms with E-state index in [4.69, 9.17) is 10.5 Å². The van der Waals surface area contributed by atoms with Crippen LogP contribution >= 0.6 is 0 Å². The molecule has 0 saturated carbocycles. The summed E-state index contributed by atoms with van der Waals surface area (Å²) >= 11 is 0. The lowest BCUT2D eigenvalue weighted by molar-refractivity contribution is -0.140. The number of hydrogen-bond donors (Lipinski definition) is 0. The van der Waals surface area contributed by atoms with Crippen LogP contribution in [0.2, 0.25) is 0 Å². The van der Waals surface area contributed by atoms with Crippen LogP contribution in [-0.4, -0.2) is 44.6 Å². The minimum atomic E-state index is -3.55. The molecule has 8 heteroatoms. The molecule has 0 radical (unpaired) electrons. The van der Waals surface area contributed by atoms with Gasteiger partial charge in [-0.15, -0.1) is 0 Å². The van der Waals surface area contributed by atoms with Gasteiger partial charge in [0.25, 0.3) is 0 Å². The van der Waals surface area contributed by atoms with Gasteiger partial charge in [-0.25, -0.2) is 8.42 Å². The number of rotatable bonds is 9. The SMILES string of the molecule is COC(=O)CCCS(=O)(=O)N(CCC#N)CCC#N. The predicted molar refractivity (Wildman–Crippen MR) is 67.1 cm³/mol. The maximum absolute atomic E-state index is 12.0. The molecule has 0 unspecified atom stereocenters. The van der Waals surface area contributed by atoms with E-state index in [2.05, 4.69) is 4.74 Å². The first kappa shape index (κ1) is 17.4. The lowest BCUT2D eigenvalue weighted by atomic mass is 10.3. The van der Waals surface area contributed by atoms with Crippen molar-refractivity contribution in [3.05, 3.63) is 0 Å². The van der Waals surface area contributed by atoms with Gasteiger partial charge in [0.05, 0.1) is 25.0 Å². The smallest absolute Gasteiger partial charge is 0.305 e. The minimum absolute atomic E-state index is 0.0278. The molecule has 0 saturated heterocycles. The molecule has 7 nitrogen and oxygen atoms in total. The van der Waals surface area contributed by atoms with Gasteiger partial charge in [0.2, 0.25) is 10.0 Å². The normalized spacial score (nSPS) is 10.7. The van der Waals surface area contributed by atoms with Crippen molar-refractivity contribution in [1.29, 1.82) is 10.5 Å². The van der Waals surface area contributed by atoms with Crippen LogP contribution in [-0.2, 0) is 19.6 Å². The molecule has 0 heterocycles. The van der Waals surface area contributed by atoms with Crippen LogP contribution in [0.3, 0.4) is 0 Å². The zero-order valence-electron chi connectivity index (χ0n) is 10.8. The standard InChI is InChI=1S/C11H17N3O4S/c1-18-11(15)5-2-10-19(16,17)14(8-3-6-12)9-4-7-13/h2-5,8-10H2,1H3. The fraction of sp³-hybridized carbons (Fsp3) is 0.727. The molecular weight excluding hydrogens is 270 g/mol. The van der Waals surface area contributed by atoms with Crippen molar-refractivity contribution >= 4 is 16.0 Å².